The molecule has 1 atom stereocenters. The van der Waals surface area contributed by atoms with E-state index in [9.17, 15) is 27.1 Å². The van der Waals surface area contributed by atoms with Gasteiger partial charge in [0.15, 0.2) is 0 Å². The summed E-state index contributed by atoms with van der Waals surface area (Å²) in [6.45, 7) is -1.80. The molecule has 1 aromatic rings. The monoisotopic (exact) mass is 299 g/mol. The van der Waals surface area contributed by atoms with Gasteiger partial charge >= 0.3 is 12.3 Å². The lowest BCUT2D eigenvalue weighted by atomic mass is 10.3. The van der Waals surface area contributed by atoms with E-state index in [-0.39, 0.29) is 13.2 Å². The summed E-state index contributed by atoms with van der Waals surface area (Å²) >= 11 is 0. The molecule has 0 aliphatic rings. The van der Waals surface area contributed by atoms with E-state index in [2.05, 4.69) is 0 Å². The van der Waals surface area contributed by atoms with Crippen LogP contribution < -0.4 is 10.1 Å². The van der Waals surface area contributed by atoms with Crippen LogP contribution in [0.5, 0.6) is 5.75 Å². The van der Waals surface area contributed by atoms with Crippen molar-refractivity contribution in [3.05, 3.63) is 30.1 Å². The Kier molecular flexibility index (Phi) is 6.15. The van der Waals surface area contributed by atoms with Gasteiger partial charge in [-0.2, -0.15) is 8.78 Å². The Bertz CT molecular complexity index is 399. The van der Waals surface area contributed by atoms with Crippen LogP contribution in [-0.4, -0.2) is 43.3 Å². The second kappa shape index (κ2) is 7.39. The third-order valence-corrected chi connectivity index (χ3v) is 2.32. The zero-order valence-electron chi connectivity index (χ0n) is 10.3. The quantitative estimate of drug-likeness (QED) is 0.722. The van der Waals surface area contributed by atoms with Crippen molar-refractivity contribution in [2.24, 2.45) is 0 Å². The summed E-state index contributed by atoms with van der Waals surface area (Å²) in [5.41, 5.74) is 0. The van der Waals surface area contributed by atoms with Crippen LogP contribution in [0.2, 0.25) is 0 Å². The van der Waals surface area contributed by atoms with Crippen LogP contribution in [0.15, 0.2) is 24.3 Å². The molecule has 1 rings (SSSR count). The molecule has 1 unspecified atom stereocenters. The number of hydrogen-bond acceptors (Lipinski definition) is 3. The van der Waals surface area contributed by atoms with Crippen molar-refractivity contribution in [3.63, 3.8) is 0 Å². The van der Waals surface area contributed by atoms with E-state index in [1.165, 1.54) is 12.1 Å². The van der Waals surface area contributed by atoms with Crippen LogP contribution in [0, 0.1) is 5.82 Å². The van der Waals surface area contributed by atoms with Gasteiger partial charge in [-0.3, -0.25) is 0 Å². The van der Waals surface area contributed by atoms with Gasteiger partial charge in [-0.1, -0.05) is 0 Å². The van der Waals surface area contributed by atoms with Crippen molar-refractivity contribution in [2.45, 2.75) is 18.5 Å². The number of benzene rings is 1. The van der Waals surface area contributed by atoms with E-state index in [1.54, 1.807) is 0 Å². The number of hydrogen-bond donors (Lipinski definition) is 2. The topological polar surface area (TPSA) is 41.5 Å². The van der Waals surface area contributed by atoms with Gasteiger partial charge in [0.1, 0.15) is 24.3 Å². The van der Waals surface area contributed by atoms with E-state index in [4.69, 9.17) is 4.74 Å². The van der Waals surface area contributed by atoms with Crippen molar-refractivity contribution in [1.82, 2.24) is 5.32 Å². The maximum absolute atomic E-state index is 12.6. The lowest BCUT2D eigenvalue weighted by Gasteiger charge is -2.18. The Morgan fingerprint density at radius 2 is 1.80 bits per heavy atom. The molecule has 0 aliphatic carbocycles. The molecule has 0 aliphatic heterocycles. The highest BCUT2D eigenvalue weighted by atomic mass is 19.3. The summed E-state index contributed by atoms with van der Waals surface area (Å²) in [4.78, 5) is 0. The molecule has 0 saturated heterocycles. The molecule has 3 nitrogen and oxygen atoms in total. The molecular weight excluding hydrogens is 285 g/mol. The van der Waals surface area contributed by atoms with E-state index in [0.29, 0.717) is 5.75 Å². The number of ether oxygens (including phenoxy) is 1. The van der Waals surface area contributed by atoms with E-state index in [0.717, 1.165) is 12.1 Å². The van der Waals surface area contributed by atoms with Gasteiger partial charge in [0, 0.05) is 6.54 Å². The van der Waals surface area contributed by atoms with Gasteiger partial charge in [-0.25, -0.2) is 13.2 Å². The number of alkyl halides is 4. The molecule has 114 valence electrons. The van der Waals surface area contributed by atoms with Crippen LogP contribution >= 0.6 is 0 Å². The fourth-order valence-electron chi connectivity index (χ4n) is 1.26. The maximum atomic E-state index is 12.6. The Morgan fingerprint density at radius 1 is 1.20 bits per heavy atom. The van der Waals surface area contributed by atoms with Crippen LogP contribution in [0.1, 0.15) is 0 Å². The second-order valence-corrected chi connectivity index (χ2v) is 4.11. The fourth-order valence-corrected chi connectivity index (χ4v) is 1.26. The first-order chi connectivity index (χ1) is 9.31. The first kappa shape index (κ1) is 16.6. The summed E-state index contributed by atoms with van der Waals surface area (Å²) in [6.07, 6.45) is -4.92. The van der Waals surface area contributed by atoms with Crippen LogP contribution in [0.3, 0.4) is 0 Å². The summed E-state index contributed by atoms with van der Waals surface area (Å²) in [5, 5.41) is 11.4. The SMILES string of the molecule is OC(CNCC(F)(F)C(F)F)COc1ccc(F)cc1. The average Bonchev–Trinajstić information content (AvgIpc) is 2.37. The molecular formula is C12H14F5NO2. The number of nitrogens with one attached hydrogen (secondary N) is 1. The van der Waals surface area contributed by atoms with Crippen molar-refractivity contribution in [3.8, 4) is 5.75 Å². The standard InChI is InChI=1S/C12H14F5NO2/c13-8-1-3-10(4-2-8)20-6-9(19)5-18-7-12(16,17)11(14)15/h1-4,9,11,18-19H,5-7H2. The first-order valence-electron chi connectivity index (χ1n) is 5.74. The van der Waals surface area contributed by atoms with Gasteiger partial charge in [-0.15, -0.1) is 0 Å². The Labute approximate surface area is 112 Å². The Hall–Kier alpha value is -1.41. The number of aliphatic hydroxyl groups excluding tert-OH is 1. The highest BCUT2D eigenvalue weighted by Crippen LogP contribution is 2.21. The van der Waals surface area contributed by atoms with E-state index < -0.39 is 30.8 Å². The molecule has 0 spiro atoms. The summed E-state index contributed by atoms with van der Waals surface area (Å²) in [7, 11) is 0. The smallest absolute Gasteiger partial charge is 0.319 e. The minimum Gasteiger partial charge on any atom is -0.491 e. The highest BCUT2D eigenvalue weighted by Gasteiger charge is 2.40. The fraction of sp³-hybridized carbons (Fsp3) is 0.500. The predicted octanol–water partition coefficient (Wildman–Crippen LogP) is 2.06. The molecule has 0 heterocycles. The number of rotatable bonds is 8. The molecule has 8 heteroatoms. The summed E-state index contributed by atoms with van der Waals surface area (Å²) in [6, 6.07) is 4.98. The maximum Gasteiger partial charge on any atom is 0.319 e. The molecule has 2 N–H and O–H groups in total. The van der Waals surface area contributed by atoms with Gasteiger partial charge in [0.05, 0.1) is 6.54 Å². The normalized spacial score (nSPS) is 13.6. The third kappa shape index (κ3) is 5.70. The third-order valence-electron chi connectivity index (χ3n) is 2.32. The van der Waals surface area contributed by atoms with Gasteiger partial charge in [0.2, 0.25) is 0 Å². The van der Waals surface area contributed by atoms with Crippen LogP contribution in [0.25, 0.3) is 0 Å². The Morgan fingerprint density at radius 3 is 2.35 bits per heavy atom. The minimum absolute atomic E-state index is 0.237. The number of aliphatic hydroxyl groups is 1. The molecule has 0 radical (unpaired) electrons. The average molecular weight is 299 g/mol. The second-order valence-electron chi connectivity index (χ2n) is 4.11. The number of halogens is 5. The lowest BCUT2D eigenvalue weighted by molar-refractivity contribution is -0.125. The summed E-state index contributed by atoms with van der Waals surface area (Å²) < 4.78 is 66.4. The van der Waals surface area contributed by atoms with Gasteiger partial charge in [0.25, 0.3) is 0 Å². The van der Waals surface area contributed by atoms with Crippen LogP contribution in [-0.2, 0) is 0 Å². The largest absolute Gasteiger partial charge is 0.491 e. The van der Waals surface area contributed by atoms with Gasteiger partial charge < -0.3 is 15.2 Å². The van der Waals surface area contributed by atoms with Crippen molar-refractivity contribution in [2.75, 3.05) is 19.7 Å². The Balaban J connectivity index is 2.24. The summed E-state index contributed by atoms with van der Waals surface area (Å²) in [5.74, 6) is -4.30. The molecule has 0 aromatic heterocycles. The molecule has 0 bridgehead atoms. The first-order valence-corrected chi connectivity index (χ1v) is 5.74. The molecule has 20 heavy (non-hydrogen) atoms. The minimum atomic E-state index is -4.14. The highest BCUT2D eigenvalue weighted by molar-refractivity contribution is 5.22. The predicted molar refractivity (Wildman–Crippen MR) is 61.7 cm³/mol. The van der Waals surface area contributed by atoms with Gasteiger partial charge in [-0.05, 0) is 24.3 Å². The van der Waals surface area contributed by atoms with E-state index >= 15 is 0 Å². The van der Waals surface area contributed by atoms with Crippen LogP contribution in [0.4, 0.5) is 22.0 Å². The molecule has 0 fully saturated rings. The van der Waals surface area contributed by atoms with E-state index in [1.807, 2.05) is 5.32 Å². The van der Waals surface area contributed by atoms with Crippen molar-refractivity contribution in [1.29, 1.82) is 0 Å². The zero-order valence-corrected chi connectivity index (χ0v) is 10.3. The molecule has 0 amide bonds. The van der Waals surface area contributed by atoms with Crippen molar-refractivity contribution >= 4 is 0 Å². The van der Waals surface area contributed by atoms with Crippen molar-refractivity contribution < 1.29 is 31.8 Å². The molecule has 1 aromatic carbocycles. The molecule has 0 saturated carbocycles. The zero-order chi connectivity index (χ0) is 15.2. The lowest BCUT2D eigenvalue weighted by Crippen LogP contribution is -2.42.